The molecule has 1 heterocycles. The third-order valence-electron chi connectivity index (χ3n) is 3.97. The molecule has 1 atom stereocenters. The van der Waals surface area contributed by atoms with Gasteiger partial charge in [0.2, 0.25) is 10.0 Å². The van der Waals surface area contributed by atoms with E-state index in [2.05, 4.69) is 10.0 Å². The lowest BCUT2D eigenvalue weighted by Gasteiger charge is -2.27. The molecule has 114 valence electrons. The summed E-state index contributed by atoms with van der Waals surface area (Å²) in [5.74, 6) is 0.482. The average Bonchev–Trinajstić information content (AvgIpc) is 2.89. The maximum absolute atomic E-state index is 12.4. The van der Waals surface area contributed by atoms with Crippen molar-refractivity contribution in [1.82, 2.24) is 10.0 Å². The van der Waals surface area contributed by atoms with E-state index in [9.17, 15) is 8.42 Å². The van der Waals surface area contributed by atoms with Crippen LogP contribution in [0.15, 0.2) is 15.7 Å². The molecule has 1 unspecified atom stereocenters. The lowest BCUT2D eigenvalue weighted by molar-refractivity contribution is 0.303. The highest BCUT2D eigenvalue weighted by Crippen LogP contribution is 2.28. The Labute approximate surface area is 126 Å². The molecule has 1 aromatic heterocycles. The van der Waals surface area contributed by atoms with Crippen LogP contribution in [-0.2, 0) is 16.6 Å². The number of sulfonamides is 1. The van der Waals surface area contributed by atoms with Gasteiger partial charge in [0.15, 0.2) is 0 Å². The van der Waals surface area contributed by atoms with Crippen LogP contribution in [0, 0.1) is 5.92 Å². The van der Waals surface area contributed by atoms with Gasteiger partial charge in [-0.05, 0) is 49.7 Å². The topological polar surface area (TPSA) is 58.2 Å². The van der Waals surface area contributed by atoms with Crippen LogP contribution in [0.2, 0.25) is 0 Å². The highest BCUT2D eigenvalue weighted by Gasteiger charge is 2.25. The summed E-state index contributed by atoms with van der Waals surface area (Å²) in [6.07, 6.45) is 6.01. The first kappa shape index (κ1) is 15.9. The van der Waals surface area contributed by atoms with E-state index in [4.69, 9.17) is 0 Å². The van der Waals surface area contributed by atoms with Crippen LogP contribution in [-0.4, -0.2) is 21.5 Å². The molecular formula is C14H24N2O2S2. The molecule has 1 fully saturated rings. The first-order chi connectivity index (χ1) is 9.53. The van der Waals surface area contributed by atoms with E-state index in [1.54, 1.807) is 6.07 Å². The Morgan fingerprint density at radius 3 is 2.70 bits per heavy atom. The molecule has 0 aromatic carbocycles. The molecule has 20 heavy (non-hydrogen) atoms. The van der Waals surface area contributed by atoms with Crippen LogP contribution in [0.5, 0.6) is 0 Å². The third-order valence-corrected chi connectivity index (χ3v) is 7.02. The van der Waals surface area contributed by atoms with Crippen molar-refractivity contribution in [2.24, 2.45) is 5.92 Å². The van der Waals surface area contributed by atoms with Crippen LogP contribution in [0.3, 0.4) is 0 Å². The Hall–Kier alpha value is -0.430. The predicted molar refractivity (Wildman–Crippen MR) is 83.4 cm³/mol. The Morgan fingerprint density at radius 2 is 2.05 bits per heavy atom. The minimum absolute atomic E-state index is 0.0233. The second-order valence-corrected chi connectivity index (χ2v) is 8.46. The molecule has 1 saturated carbocycles. The monoisotopic (exact) mass is 316 g/mol. The van der Waals surface area contributed by atoms with Crippen LogP contribution < -0.4 is 10.0 Å². The molecule has 2 N–H and O–H groups in total. The van der Waals surface area contributed by atoms with E-state index in [1.807, 2.05) is 19.4 Å². The van der Waals surface area contributed by atoms with Gasteiger partial charge >= 0.3 is 0 Å². The van der Waals surface area contributed by atoms with Crippen molar-refractivity contribution >= 4 is 21.4 Å². The fraction of sp³-hybridized carbons (Fsp3) is 0.714. The third kappa shape index (κ3) is 4.04. The van der Waals surface area contributed by atoms with Gasteiger partial charge in [-0.3, -0.25) is 0 Å². The number of hydrogen-bond donors (Lipinski definition) is 2. The van der Waals surface area contributed by atoms with Gasteiger partial charge in [0.05, 0.1) is 0 Å². The molecule has 6 heteroatoms. The van der Waals surface area contributed by atoms with Crippen molar-refractivity contribution in [3.05, 3.63) is 17.0 Å². The summed E-state index contributed by atoms with van der Waals surface area (Å²) < 4.78 is 28.0. The summed E-state index contributed by atoms with van der Waals surface area (Å²) in [6, 6.07) is 1.78. The Balaban J connectivity index is 2.01. The quantitative estimate of drug-likeness (QED) is 0.848. The van der Waals surface area contributed by atoms with Crippen molar-refractivity contribution in [3.8, 4) is 0 Å². The van der Waals surface area contributed by atoms with Crippen molar-refractivity contribution in [3.63, 3.8) is 0 Å². The molecule has 1 aliphatic carbocycles. The van der Waals surface area contributed by atoms with Gasteiger partial charge in [0.25, 0.3) is 0 Å². The summed E-state index contributed by atoms with van der Waals surface area (Å²) in [4.78, 5) is 0. The lowest BCUT2D eigenvalue weighted by atomic mass is 9.85. The fourth-order valence-corrected chi connectivity index (χ4v) is 5.36. The van der Waals surface area contributed by atoms with Crippen LogP contribution >= 0.6 is 11.3 Å². The van der Waals surface area contributed by atoms with Gasteiger partial charge in [-0.15, -0.1) is 11.3 Å². The van der Waals surface area contributed by atoms with Crippen molar-refractivity contribution in [2.45, 2.75) is 55.8 Å². The van der Waals surface area contributed by atoms with E-state index in [-0.39, 0.29) is 6.04 Å². The minimum atomic E-state index is -3.37. The number of thiophene rings is 1. The van der Waals surface area contributed by atoms with Gasteiger partial charge in [-0.1, -0.05) is 19.3 Å². The van der Waals surface area contributed by atoms with E-state index >= 15 is 0 Å². The largest absolute Gasteiger partial charge is 0.316 e. The zero-order valence-electron chi connectivity index (χ0n) is 12.2. The summed E-state index contributed by atoms with van der Waals surface area (Å²) in [5, 5.41) is 4.93. The number of hydrogen-bond acceptors (Lipinski definition) is 4. The summed E-state index contributed by atoms with van der Waals surface area (Å²) >= 11 is 1.29. The van der Waals surface area contributed by atoms with Crippen LogP contribution in [0.4, 0.5) is 0 Å². The first-order valence-corrected chi connectivity index (χ1v) is 9.63. The van der Waals surface area contributed by atoms with Crippen molar-refractivity contribution in [2.75, 3.05) is 7.05 Å². The standard InChI is InChI=1S/C14H24N2O2S2/c1-11(13-6-4-3-5-7-13)16-20(17,18)14-8-12(9-15-2)10-19-14/h8,10-11,13,15-16H,3-7,9H2,1-2H3. The highest BCUT2D eigenvalue weighted by molar-refractivity contribution is 7.91. The molecule has 0 amide bonds. The molecule has 1 aliphatic rings. The molecular weight excluding hydrogens is 292 g/mol. The smallest absolute Gasteiger partial charge is 0.250 e. The first-order valence-electron chi connectivity index (χ1n) is 7.27. The van der Waals surface area contributed by atoms with Gasteiger partial charge in [-0.2, -0.15) is 0 Å². The predicted octanol–water partition coefficient (Wildman–Crippen LogP) is 2.71. The summed E-state index contributed by atoms with van der Waals surface area (Å²) in [7, 11) is -1.51. The lowest BCUT2D eigenvalue weighted by Crippen LogP contribution is -2.38. The average molecular weight is 316 g/mol. The fourth-order valence-electron chi connectivity index (χ4n) is 2.82. The number of rotatable bonds is 6. The molecule has 2 rings (SSSR count). The normalized spacial score (nSPS) is 19.1. The van der Waals surface area contributed by atoms with E-state index in [1.165, 1.54) is 30.6 Å². The molecule has 0 bridgehead atoms. The van der Waals surface area contributed by atoms with Gasteiger partial charge < -0.3 is 5.32 Å². The van der Waals surface area contributed by atoms with E-state index < -0.39 is 10.0 Å². The van der Waals surface area contributed by atoms with E-state index in [0.29, 0.717) is 16.7 Å². The van der Waals surface area contributed by atoms with Crippen LogP contribution in [0.25, 0.3) is 0 Å². The second kappa shape index (κ2) is 7.02. The molecule has 1 aromatic rings. The highest BCUT2D eigenvalue weighted by atomic mass is 32.2. The maximum Gasteiger partial charge on any atom is 0.250 e. The van der Waals surface area contributed by atoms with Crippen molar-refractivity contribution < 1.29 is 8.42 Å². The summed E-state index contributed by atoms with van der Waals surface area (Å²) in [5.41, 5.74) is 1.02. The number of nitrogens with one attached hydrogen (secondary N) is 2. The van der Waals surface area contributed by atoms with Gasteiger partial charge in [0.1, 0.15) is 4.21 Å². The Kier molecular flexibility index (Phi) is 5.60. The Morgan fingerprint density at radius 1 is 1.35 bits per heavy atom. The summed E-state index contributed by atoms with van der Waals surface area (Å²) in [6.45, 7) is 2.69. The minimum Gasteiger partial charge on any atom is -0.316 e. The Bertz CT molecular complexity index is 519. The molecule has 0 aliphatic heterocycles. The molecule has 4 nitrogen and oxygen atoms in total. The van der Waals surface area contributed by atoms with Crippen LogP contribution in [0.1, 0.15) is 44.6 Å². The zero-order valence-corrected chi connectivity index (χ0v) is 13.8. The van der Waals surface area contributed by atoms with Gasteiger partial charge in [-0.25, -0.2) is 13.1 Å². The SMILES string of the molecule is CNCc1csc(S(=O)(=O)NC(C)C2CCCCC2)c1. The molecule has 0 saturated heterocycles. The molecule has 0 radical (unpaired) electrons. The molecule has 0 spiro atoms. The second-order valence-electron chi connectivity index (χ2n) is 5.61. The van der Waals surface area contributed by atoms with E-state index in [0.717, 1.165) is 18.4 Å². The van der Waals surface area contributed by atoms with Gasteiger partial charge in [0, 0.05) is 12.6 Å². The maximum atomic E-state index is 12.4. The van der Waals surface area contributed by atoms with Crippen molar-refractivity contribution in [1.29, 1.82) is 0 Å². The zero-order chi connectivity index (χ0) is 14.6.